The molecule has 2 nitrogen and oxygen atoms in total. The molecule has 17 heavy (non-hydrogen) atoms. The van der Waals surface area contributed by atoms with Crippen LogP contribution in [0.25, 0.3) is 22.4 Å². The number of nitrogens with zero attached hydrogens (tertiary/aromatic N) is 1. The number of aromatic nitrogens is 2. The van der Waals surface area contributed by atoms with Crippen LogP contribution in [0, 0.1) is 5.82 Å². The van der Waals surface area contributed by atoms with Crippen LogP contribution in [-0.4, -0.2) is 9.97 Å². The second-order valence-corrected chi connectivity index (χ2v) is 7.21. The van der Waals surface area contributed by atoms with Crippen molar-refractivity contribution in [2.24, 2.45) is 0 Å². The molecule has 6 heteroatoms. The van der Waals surface area contributed by atoms with Gasteiger partial charge in [-0.25, -0.2) is 9.37 Å². The summed E-state index contributed by atoms with van der Waals surface area (Å²) >= 11 is 8.43. The molecule has 0 spiro atoms. The molecule has 0 unspecified atom stereocenters. The highest BCUT2D eigenvalue weighted by Crippen LogP contribution is 2.38. The van der Waals surface area contributed by atoms with E-state index in [1.54, 1.807) is 17.4 Å². The lowest BCUT2D eigenvalue weighted by atomic mass is 10.3. The first-order valence-corrected chi connectivity index (χ1v) is 7.15. The van der Waals surface area contributed by atoms with Crippen molar-refractivity contribution in [3.63, 3.8) is 0 Å². The van der Waals surface area contributed by atoms with Crippen molar-refractivity contribution in [2.45, 2.75) is 0 Å². The van der Waals surface area contributed by atoms with Gasteiger partial charge in [-0.2, -0.15) is 0 Å². The van der Waals surface area contributed by atoms with Crippen LogP contribution >= 0.6 is 43.2 Å². The molecule has 0 saturated carbocycles. The standard InChI is InChI=1S/C11H5Br2FN2S/c12-8-4-5(10(13)17-8)11-15-7-3-1-2-6(14)9(7)16-11/h1-4H,(H,15,16). The summed E-state index contributed by atoms with van der Waals surface area (Å²) in [7, 11) is 0. The zero-order valence-electron chi connectivity index (χ0n) is 8.30. The number of hydrogen-bond acceptors (Lipinski definition) is 2. The third-order valence-corrected chi connectivity index (χ3v) is 4.71. The number of para-hydroxylation sites is 1. The maximum Gasteiger partial charge on any atom is 0.151 e. The third-order valence-electron chi connectivity index (χ3n) is 2.38. The molecule has 1 aromatic carbocycles. The molecule has 0 aliphatic carbocycles. The zero-order valence-corrected chi connectivity index (χ0v) is 12.3. The first kappa shape index (κ1) is 11.4. The molecule has 2 aromatic heterocycles. The van der Waals surface area contributed by atoms with Gasteiger partial charge in [-0.15, -0.1) is 11.3 Å². The molecule has 2 heterocycles. The fourth-order valence-corrected chi connectivity index (χ4v) is 4.43. The molecule has 0 atom stereocenters. The van der Waals surface area contributed by atoms with Gasteiger partial charge >= 0.3 is 0 Å². The van der Waals surface area contributed by atoms with Gasteiger partial charge in [0.1, 0.15) is 11.3 Å². The molecule has 0 aliphatic rings. The first-order chi connectivity index (χ1) is 8.15. The largest absolute Gasteiger partial charge is 0.338 e. The Labute approximate surface area is 117 Å². The Kier molecular flexibility index (Phi) is 2.80. The monoisotopic (exact) mass is 374 g/mol. The van der Waals surface area contributed by atoms with Gasteiger partial charge < -0.3 is 4.98 Å². The van der Waals surface area contributed by atoms with Gasteiger partial charge in [0.25, 0.3) is 0 Å². The van der Waals surface area contributed by atoms with E-state index in [0.29, 0.717) is 16.9 Å². The lowest BCUT2D eigenvalue weighted by molar-refractivity contribution is 0.637. The number of imidazole rings is 1. The maximum absolute atomic E-state index is 13.5. The lowest BCUT2D eigenvalue weighted by Gasteiger charge is -1.90. The molecule has 0 radical (unpaired) electrons. The topological polar surface area (TPSA) is 28.7 Å². The smallest absolute Gasteiger partial charge is 0.151 e. The normalized spacial score (nSPS) is 11.2. The van der Waals surface area contributed by atoms with Crippen LogP contribution in [0.5, 0.6) is 0 Å². The van der Waals surface area contributed by atoms with Crippen LogP contribution in [0.3, 0.4) is 0 Å². The van der Waals surface area contributed by atoms with Crippen molar-refractivity contribution in [2.75, 3.05) is 0 Å². The van der Waals surface area contributed by atoms with Gasteiger partial charge in [0.2, 0.25) is 0 Å². The molecule has 3 rings (SSSR count). The molecule has 3 aromatic rings. The van der Waals surface area contributed by atoms with Crippen LogP contribution in [0.1, 0.15) is 0 Å². The summed E-state index contributed by atoms with van der Waals surface area (Å²) < 4.78 is 15.5. The Morgan fingerprint density at radius 3 is 2.76 bits per heavy atom. The second kappa shape index (κ2) is 4.19. The lowest BCUT2D eigenvalue weighted by Crippen LogP contribution is -1.77. The Bertz CT molecular complexity index is 705. The number of H-pyrrole nitrogens is 1. The van der Waals surface area contributed by atoms with E-state index in [4.69, 9.17) is 0 Å². The Hall–Kier alpha value is -0.720. The molecule has 0 amide bonds. The summed E-state index contributed by atoms with van der Waals surface area (Å²) in [6.07, 6.45) is 0. The Morgan fingerprint density at radius 1 is 1.29 bits per heavy atom. The van der Waals surface area contributed by atoms with E-state index >= 15 is 0 Å². The average Bonchev–Trinajstić information content (AvgIpc) is 2.82. The SMILES string of the molecule is Fc1cccc2[nH]c(-c3cc(Br)sc3Br)nc12. The number of nitrogens with one attached hydrogen (secondary N) is 1. The molecule has 0 bridgehead atoms. The molecule has 86 valence electrons. The van der Waals surface area contributed by atoms with E-state index in [1.165, 1.54) is 6.07 Å². The number of aromatic amines is 1. The Balaban J connectivity index is 2.25. The third kappa shape index (κ3) is 1.94. The van der Waals surface area contributed by atoms with Crippen molar-refractivity contribution in [3.05, 3.63) is 37.7 Å². The van der Waals surface area contributed by atoms with E-state index in [2.05, 4.69) is 41.8 Å². The number of benzene rings is 1. The Morgan fingerprint density at radius 2 is 2.12 bits per heavy atom. The minimum Gasteiger partial charge on any atom is -0.338 e. The van der Waals surface area contributed by atoms with Crippen molar-refractivity contribution in [3.8, 4) is 11.4 Å². The number of rotatable bonds is 1. The van der Waals surface area contributed by atoms with Crippen molar-refractivity contribution in [1.82, 2.24) is 9.97 Å². The molecular weight excluding hydrogens is 371 g/mol. The quantitative estimate of drug-likeness (QED) is 0.640. The molecule has 0 saturated heterocycles. The van der Waals surface area contributed by atoms with Gasteiger partial charge in [0.05, 0.1) is 13.1 Å². The van der Waals surface area contributed by atoms with Crippen LogP contribution in [0.4, 0.5) is 4.39 Å². The van der Waals surface area contributed by atoms with Gasteiger partial charge in [-0.3, -0.25) is 0 Å². The van der Waals surface area contributed by atoms with Gasteiger partial charge in [-0.1, -0.05) is 6.07 Å². The predicted octanol–water partition coefficient (Wildman–Crippen LogP) is 4.96. The average molecular weight is 376 g/mol. The second-order valence-electron chi connectivity index (χ2n) is 3.46. The fourth-order valence-electron chi connectivity index (χ4n) is 1.63. The van der Waals surface area contributed by atoms with Crippen molar-refractivity contribution in [1.29, 1.82) is 0 Å². The summed E-state index contributed by atoms with van der Waals surface area (Å²) in [5.41, 5.74) is 2.00. The van der Waals surface area contributed by atoms with E-state index < -0.39 is 0 Å². The summed E-state index contributed by atoms with van der Waals surface area (Å²) in [5.74, 6) is 0.356. The van der Waals surface area contributed by atoms with Gasteiger partial charge in [-0.05, 0) is 50.1 Å². The van der Waals surface area contributed by atoms with Crippen molar-refractivity contribution < 1.29 is 4.39 Å². The minimum absolute atomic E-state index is 0.310. The van der Waals surface area contributed by atoms with E-state index in [1.807, 2.05) is 12.1 Å². The van der Waals surface area contributed by atoms with Crippen molar-refractivity contribution >= 4 is 54.2 Å². The summed E-state index contributed by atoms with van der Waals surface area (Å²) in [6.45, 7) is 0. The summed E-state index contributed by atoms with van der Waals surface area (Å²) in [4.78, 5) is 7.39. The van der Waals surface area contributed by atoms with E-state index in [-0.39, 0.29) is 5.82 Å². The van der Waals surface area contributed by atoms with Crippen LogP contribution in [0.2, 0.25) is 0 Å². The molecular formula is C11H5Br2FN2S. The molecule has 0 aliphatic heterocycles. The fraction of sp³-hybridized carbons (Fsp3) is 0. The zero-order chi connectivity index (χ0) is 12.0. The van der Waals surface area contributed by atoms with Gasteiger partial charge in [0, 0.05) is 5.56 Å². The number of thiophene rings is 1. The van der Waals surface area contributed by atoms with Crippen LogP contribution in [0.15, 0.2) is 31.8 Å². The minimum atomic E-state index is -0.310. The number of fused-ring (bicyclic) bond motifs is 1. The summed E-state index contributed by atoms with van der Waals surface area (Å²) in [6, 6.07) is 6.83. The number of hydrogen-bond donors (Lipinski definition) is 1. The van der Waals surface area contributed by atoms with E-state index in [9.17, 15) is 4.39 Å². The summed E-state index contributed by atoms with van der Waals surface area (Å²) in [5, 5.41) is 0. The predicted molar refractivity (Wildman–Crippen MR) is 74.8 cm³/mol. The highest BCUT2D eigenvalue weighted by Gasteiger charge is 2.13. The highest BCUT2D eigenvalue weighted by molar-refractivity contribution is 9.12. The highest BCUT2D eigenvalue weighted by atomic mass is 79.9. The molecule has 1 N–H and O–H groups in total. The van der Waals surface area contributed by atoms with Gasteiger partial charge in [0.15, 0.2) is 5.82 Å². The number of halogens is 3. The molecule has 0 fully saturated rings. The van der Waals surface area contributed by atoms with E-state index in [0.717, 1.165) is 13.1 Å². The maximum atomic E-state index is 13.5. The van der Waals surface area contributed by atoms with Crippen LogP contribution in [-0.2, 0) is 0 Å². The first-order valence-electron chi connectivity index (χ1n) is 4.74. The van der Waals surface area contributed by atoms with Crippen LogP contribution < -0.4 is 0 Å².